The summed E-state index contributed by atoms with van der Waals surface area (Å²) in [6, 6.07) is 37.0. The summed E-state index contributed by atoms with van der Waals surface area (Å²) in [5.41, 5.74) is 18.9. The van der Waals surface area contributed by atoms with Crippen LogP contribution in [0, 0.1) is 0 Å². The number of aromatic nitrogens is 2. The van der Waals surface area contributed by atoms with Crippen LogP contribution in [0.5, 0.6) is 0 Å². The van der Waals surface area contributed by atoms with Gasteiger partial charge in [0.1, 0.15) is 0 Å². The average Bonchev–Trinajstić information content (AvgIpc) is 2.98. The summed E-state index contributed by atoms with van der Waals surface area (Å²) in [7, 11) is 0. The molecule has 6 aromatic rings. The van der Waals surface area contributed by atoms with Gasteiger partial charge in [-0.3, -0.25) is 9.97 Å². The maximum absolute atomic E-state index is 6.26. The summed E-state index contributed by atoms with van der Waals surface area (Å²) < 4.78 is 0. The van der Waals surface area contributed by atoms with Crippen molar-refractivity contribution in [2.24, 2.45) is 0 Å². The van der Waals surface area contributed by atoms with E-state index in [0.29, 0.717) is 0 Å². The van der Waals surface area contributed by atoms with Crippen LogP contribution in [0.1, 0.15) is 22.5 Å². The molecule has 0 aliphatic rings. The molecule has 0 saturated heterocycles. The summed E-state index contributed by atoms with van der Waals surface area (Å²) in [5, 5.41) is 4.67. The summed E-state index contributed by atoms with van der Waals surface area (Å²) in [6.07, 6.45) is 7.35. The van der Waals surface area contributed by atoms with Gasteiger partial charge in [-0.15, -0.1) is 0 Å². The Morgan fingerprint density at radius 2 is 0.842 bits per heavy atom. The smallest absolute Gasteiger partial charge is 0.0426 e. The molecule has 4 N–H and O–H groups in total. The van der Waals surface area contributed by atoms with Crippen LogP contribution in [0.4, 0.5) is 11.4 Å². The highest BCUT2D eigenvalue weighted by molar-refractivity contribution is 5.95. The first-order valence-electron chi connectivity index (χ1n) is 13.0. The van der Waals surface area contributed by atoms with Gasteiger partial charge in [-0.25, -0.2) is 0 Å². The Kier molecular flexibility index (Phi) is 7.90. The van der Waals surface area contributed by atoms with Crippen molar-refractivity contribution >= 4 is 32.9 Å². The fourth-order valence-corrected chi connectivity index (χ4v) is 4.74. The SMILES string of the molecule is Nc1c(CCc2ccccn2)ccc2ccccc12.Nc1c(CCc2ccccn2)ccc2ccccc12. The fraction of sp³-hybridized carbons (Fsp3) is 0.118. The van der Waals surface area contributed by atoms with Crippen LogP contribution >= 0.6 is 0 Å². The monoisotopic (exact) mass is 496 g/mol. The Hall–Kier alpha value is -4.70. The summed E-state index contributed by atoms with van der Waals surface area (Å²) >= 11 is 0. The molecule has 0 bridgehead atoms. The molecule has 188 valence electrons. The fourth-order valence-electron chi connectivity index (χ4n) is 4.74. The van der Waals surface area contributed by atoms with Gasteiger partial charge < -0.3 is 11.5 Å². The minimum absolute atomic E-state index is 0.897. The standard InChI is InChI=1S/2C17H16N2/c2*18-17-14(10-11-15-6-3-4-12-19-15)9-8-13-5-1-2-7-16(13)17/h2*1-9,12H,10-11,18H2. The quantitative estimate of drug-likeness (QED) is 0.239. The molecule has 0 saturated carbocycles. The number of anilines is 2. The lowest BCUT2D eigenvalue weighted by molar-refractivity contribution is 0.917. The highest BCUT2D eigenvalue weighted by Crippen LogP contribution is 2.26. The van der Waals surface area contributed by atoms with Crippen molar-refractivity contribution in [2.75, 3.05) is 11.5 Å². The first-order valence-corrected chi connectivity index (χ1v) is 13.0. The number of nitrogens with two attached hydrogens (primary N) is 2. The molecule has 0 atom stereocenters. The van der Waals surface area contributed by atoms with Crippen molar-refractivity contribution in [3.05, 3.63) is 144 Å². The minimum Gasteiger partial charge on any atom is -0.398 e. The predicted octanol–water partition coefficient (Wildman–Crippen LogP) is 7.20. The number of aryl methyl sites for hydroxylation is 4. The van der Waals surface area contributed by atoms with Gasteiger partial charge in [0, 0.05) is 45.9 Å². The zero-order valence-electron chi connectivity index (χ0n) is 21.4. The molecule has 0 aliphatic heterocycles. The van der Waals surface area contributed by atoms with E-state index in [4.69, 9.17) is 11.5 Å². The van der Waals surface area contributed by atoms with E-state index in [-0.39, 0.29) is 0 Å². The lowest BCUT2D eigenvalue weighted by atomic mass is 10.0. The third kappa shape index (κ3) is 5.98. The maximum Gasteiger partial charge on any atom is 0.0426 e. The summed E-state index contributed by atoms with van der Waals surface area (Å²) in [4.78, 5) is 8.69. The van der Waals surface area contributed by atoms with Crippen molar-refractivity contribution in [3.8, 4) is 0 Å². The number of hydrogen-bond donors (Lipinski definition) is 2. The second-order valence-electron chi connectivity index (χ2n) is 9.36. The van der Waals surface area contributed by atoms with Crippen LogP contribution in [-0.4, -0.2) is 9.97 Å². The molecule has 6 rings (SSSR count). The number of benzene rings is 4. The van der Waals surface area contributed by atoms with E-state index in [1.165, 1.54) is 21.9 Å². The predicted molar refractivity (Wildman–Crippen MR) is 160 cm³/mol. The Morgan fingerprint density at radius 1 is 0.421 bits per heavy atom. The Labute approximate surface area is 224 Å². The maximum atomic E-state index is 6.26. The molecule has 0 spiro atoms. The van der Waals surface area contributed by atoms with E-state index in [0.717, 1.165) is 59.2 Å². The van der Waals surface area contributed by atoms with Gasteiger partial charge in [0.25, 0.3) is 0 Å². The van der Waals surface area contributed by atoms with Crippen molar-refractivity contribution < 1.29 is 0 Å². The van der Waals surface area contributed by atoms with E-state index in [2.05, 4.69) is 70.6 Å². The van der Waals surface area contributed by atoms with Gasteiger partial charge in [-0.1, -0.05) is 84.9 Å². The molecule has 2 heterocycles. The molecule has 0 fully saturated rings. The van der Waals surface area contributed by atoms with Gasteiger partial charge >= 0.3 is 0 Å². The molecule has 38 heavy (non-hydrogen) atoms. The van der Waals surface area contributed by atoms with Gasteiger partial charge in [-0.2, -0.15) is 0 Å². The Balaban J connectivity index is 0.000000155. The zero-order chi connectivity index (χ0) is 26.2. The van der Waals surface area contributed by atoms with Crippen molar-refractivity contribution in [2.45, 2.75) is 25.7 Å². The lowest BCUT2D eigenvalue weighted by Crippen LogP contribution is -1.99. The van der Waals surface area contributed by atoms with E-state index in [1.807, 2.05) is 60.9 Å². The van der Waals surface area contributed by atoms with E-state index >= 15 is 0 Å². The molecular weight excluding hydrogens is 464 g/mol. The number of pyridine rings is 2. The highest BCUT2D eigenvalue weighted by Gasteiger charge is 2.06. The van der Waals surface area contributed by atoms with Crippen molar-refractivity contribution in [1.82, 2.24) is 9.97 Å². The summed E-state index contributed by atoms with van der Waals surface area (Å²) in [5.74, 6) is 0. The van der Waals surface area contributed by atoms with Crippen LogP contribution in [0.2, 0.25) is 0 Å². The van der Waals surface area contributed by atoms with Gasteiger partial charge in [0.15, 0.2) is 0 Å². The molecule has 4 heteroatoms. The number of hydrogen-bond acceptors (Lipinski definition) is 4. The van der Waals surface area contributed by atoms with Crippen LogP contribution < -0.4 is 11.5 Å². The topological polar surface area (TPSA) is 77.8 Å². The third-order valence-electron chi connectivity index (χ3n) is 6.88. The molecule has 4 aromatic carbocycles. The number of nitrogen functional groups attached to an aromatic ring is 2. The van der Waals surface area contributed by atoms with Gasteiger partial charge in [0.2, 0.25) is 0 Å². The highest BCUT2D eigenvalue weighted by atomic mass is 14.7. The lowest BCUT2D eigenvalue weighted by Gasteiger charge is -2.09. The Bertz CT molecular complexity index is 1500. The van der Waals surface area contributed by atoms with E-state index in [1.54, 1.807) is 0 Å². The number of nitrogens with zero attached hydrogens (tertiary/aromatic N) is 2. The third-order valence-corrected chi connectivity index (χ3v) is 6.88. The van der Waals surface area contributed by atoms with E-state index < -0.39 is 0 Å². The average molecular weight is 497 g/mol. The first kappa shape index (κ1) is 25.0. The first-order chi connectivity index (χ1) is 18.7. The second kappa shape index (κ2) is 12.0. The second-order valence-corrected chi connectivity index (χ2v) is 9.36. The van der Waals surface area contributed by atoms with Gasteiger partial charge in [0.05, 0.1) is 0 Å². The van der Waals surface area contributed by atoms with Crippen molar-refractivity contribution in [3.63, 3.8) is 0 Å². The normalized spacial score (nSPS) is 10.7. The molecule has 0 unspecified atom stereocenters. The minimum atomic E-state index is 0.897. The van der Waals surface area contributed by atoms with E-state index in [9.17, 15) is 0 Å². The molecule has 0 aliphatic carbocycles. The van der Waals surface area contributed by atoms with Crippen molar-refractivity contribution in [1.29, 1.82) is 0 Å². The van der Waals surface area contributed by atoms with Crippen LogP contribution in [-0.2, 0) is 25.7 Å². The van der Waals surface area contributed by atoms with Gasteiger partial charge in [-0.05, 0) is 71.8 Å². The molecule has 0 amide bonds. The summed E-state index contributed by atoms with van der Waals surface area (Å²) in [6.45, 7) is 0. The van der Waals surface area contributed by atoms with Crippen LogP contribution in [0.25, 0.3) is 21.5 Å². The number of fused-ring (bicyclic) bond motifs is 2. The largest absolute Gasteiger partial charge is 0.398 e. The molecular formula is C34H32N4. The van der Waals surface area contributed by atoms with Crippen LogP contribution in [0.15, 0.2) is 122 Å². The molecule has 2 aromatic heterocycles. The number of rotatable bonds is 6. The Morgan fingerprint density at radius 3 is 1.26 bits per heavy atom. The zero-order valence-corrected chi connectivity index (χ0v) is 21.4. The molecule has 0 radical (unpaired) electrons. The molecule has 4 nitrogen and oxygen atoms in total. The van der Waals surface area contributed by atoms with Crippen LogP contribution in [0.3, 0.4) is 0 Å².